The Bertz CT molecular complexity index is 782. The molecule has 20 heavy (non-hydrogen) atoms. The molecule has 0 unspecified atom stereocenters. The van der Waals surface area contributed by atoms with E-state index < -0.39 is 9.84 Å². The molecule has 0 bridgehead atoms. The van der Waals surface area contributed by atoms with Crippen molar-refractivity contribution < 1.29 is 18.3 Å². The average Bonchev–Trinajstić information content (AvgIpc) is 2.69. The summed E-state index contributed by atoms with van der Waals surface area (Å²) in [6.07, 6.45) is 4.68. The van der Waals surface area contributed by atoms with Crippen LogP contribution in [0, 0.1) is 0 Å². The van der Waals surface area contributed by atoms with Crippen LogP contribution in [-0.4, -0.2) is 25.1 Å². The van der Waals surface area contributed by atoms with Crippen molar-refractivity contribution in [3.8, 4) is 11.5 Å². The summed E-state index contributed by atoms with van der Waals surface area (Å²) in [6.45, 7) is -0.0660. The van der Waals surface area contributed by atoms with Crippen molar-refractivity contribution in [2.45, 2.75) is 4.90 Å². The van der Waals surface area contributed by atoms with Crippen LogP contribution in [0.1, 0.15) is 5.56 Å². The molecule has 2 heterocycles. The Kier molecular flexibility index (Phi) is 2.94. The molecular weight excluding hydrogens is 278 g/mol. The maximum atomic E-state index is 12.3. The van der Waals surface area contributed by atoms with E-state index in [4.69, 9.17) is 4.74 Å². The summed E-state index contributed by atoms with van der Waals surface area (Å²) in [5.74, 6) is 0.428. The Balaban J connectivity index is 1.86. The molecule has 0 atom stereocenters. The van der Waals surface area contributed by atoms with Gasteiger partial charge in [-0.05, 0) is 42.0 Å². The van der Waals surface area contributed by atoms with Crippen molar-refractivity contribution >= 4 is 15.9 Å². The standard InChI is InChI=1S/C14H11NO4S/c16-11-4-3-10-6-13(20(17,18)14(10)7-11)9-19-12-2-1-5-15-8-12/h1-8,16H,9H2. The van der Waals surface area contributed by atoms with Crippen LogP contribution in [0.25, 0.3) is 6.08 Å². The van der Waals surface area contributed by atoms with Gasteiger partial charge in [-0.1, -0.05) is 0 Å². The van der Waals surface area contributed by atoms with E-state index in [1.54, 1.807) is 30.5 Å². The molecule has 0 saturated carbocycles. The van der Waals surface area contributed by atoms with Gasteiger partial charge in [0.2, 0.25) is 9.84 Å². The van der Waals surface area contributed by atoms with Crippen LogP contribution in [-0.2, 0) is 9.84 Å². The lowest BCUT2D eigenvalue weighted by molar-refractivity contribution is 0.357. The summed E-state index contributed by atoms with van der Waals surface area (Å²) < 4.78 is 30.0. The minimum absolute atomic E-state index is 0.0660. The van der Waals surface area contributed by atoms with E-state index in [1.165, 1.54) is 18.3 Å². The Morgan fingerprint density at radius 1 is 1.25 bits per heavy atom. The lowest BCUT2D eigenvalue weighted by Gasteiger charge is -2.06. The first-order valence-corrected chi connectivity index (χ1v) is 7.37. The second-order valence-electron chi connectivity index (χ2n) is 4.31. The predicted molar refractivity (Wildman–Crippen MR) is 73.0 cm³/mol. The number of phenols is 1. The summed E-state index contributed by atoms with van der Waals surface area (Å²) in [4.78, 5) is 4.17. The van der Waals surface area contributed by atoms with Gasteiger partial charge in [0.1, 0.15) is 18.1 Å². The van der Waals surface area contributed by atoms with Crippen molar-refractivity contribution in [3.63, 3.8) is 0 Å². The topological polar surface area (TPSA) is 76.5 Å². The van der Waals surface area contributed by atoms with Crippen LogP contribution in [0.2, 0.25) is 0 Å². The smallest absolute Gasteiger partial charge is 0.206 e. The van der Waals surface area contributed by atoms with Gasteiger partial charge in [-0.3, -0.25) is 4.98 Å². The van der Waals surface area contributed by atoms with E-state index in [9.17, 15) is 13.5 Å². The quantitative estimate of drug-likeness (QED) is 0.935. The number of phenolic OH excluding ortho intramolecular Hbond substituents is 1. The molecular formula is C14H11NO4S. The number of sulfone groups is 1. The SMILES string of the molecule is O=S1(=O)C(COc2cccnc2)=Cc2ccc(O)cc21. The third-order valence-corrected chi connectivity index (χ3v) is 4.82. The summed E-state index contributed by atoms with van der Waals surface area (Å²) in [5, 5.41) is 9.40. The molecule has 0 amide bonds. The fourth-order valence-electron chi connectivity index (χ4n) is 1.97. The lowest BCUT2D eigenvalue weighted by atomic mass is 10.2. The van der Waals surface area contributed by atoms with Gasteiger partial charge in [-0.25, -0.2) is 8.42 Å². The normalized spacial score (nSPS) is 15.5. The second-order valence-corrected chi connectivity index (χ2v) is 6.28. The van der Waals surface area contributed by atoms with Crippen molar-refractivity contribution in [1.82, 2.24) is 4.98 Å². The van der Waals surface area contributed by atoms with E-state index in [1.807, 2.05) is 0 Å². The van der Waals surface area contributed by atoms with Crippen LogP contribution in [0.5, 0.6) is 11.5 Å². The molecule has 3 rings (SSSR count). The van der Waals surface area contributed by atoms with Crippen LogP contribution in [0.4, 0.5) is 0 Å². The molecule has 6 heteroatoms. The van der Waals surface area contributed by atoms with Crippen LogP contribution in [0.3, 0.4) is 0 Å². The van der Waals surface area contributed by atoms with Gasteiger partial charge in [0.05, 0.1) is 16.0 Å². The Labute approximate surface area is 116 Å². The Morgan fingerprint density at radius 3 is 2.85 bits per heavy atom. The van der Waals surface area contributed by atoms with E-state index in [2.05, 4.69) is 4.98 Å². The second kappa shape index (κ2) is 4.64. The minimum Gasteiger partial charge on any atom is -0.508 e. The molecule has 0 fully saturated rings. The summed E-state index contributed by atoms with van der Waals surface area (Å²) in [5.41, 5.74) is 0.563. The van der Waals surface area contributed by atoms with Crippen LogP contribution < -0.4 is 4.74 Å². The maximum Gasteiger partial charge on any atom is 0.206 e. The molecule has 1 aliphatic heterocycles. The number of ether oxygens (including phenoxy) is 1. The number of benzene rings is 1. The minimum atomic E-state index is -3.58. The maximum absolute atomic E-state index is 12.3. The van der Waals surface area contributed by atoms with Gasteiger partial charge in [0, 0.05) is 6.20 Å². The number of rotatable bonds is 3. The molecule has 2 aromatic rings. The molecule has 0 radical (unpaired) electrons. The van der Waals surface area contributed by atoms with Crippen molar-refractivity contribution in [2.24, 2.45) is 0 Å². The van der Waals surface area contributed by atoms with Gasteiger partial charge < -0.3 is 9.84 Å². The van der Waals surface area contributed by atoms with Crippen molar-refractivity contribution in [1.29, 1.82) is 0 Å². The first-order chi connectivity index (χ1) is 9.57. The number of pyridine rings is 1. The fourth-order valence-corrected chi connectivity index (χ4v) is 3.47. The highest BCUT2D eigenvalue weighted by molar-refractivity contribution is 7.95. The fraction of sp³-hybridized carbons (Fsp3) is 0.0714. The first kappa shape index (κ1) is 12.7. The number of fused-ring (bicyclic) bond motifs is 1. The molecule has 102 valence electrons. The van der Waals surface area contributed by atoms with Crippen molar-refractivity contribution in [2.75, 3.05) is 6.61 Å². The molecule has 1 aromatic heterocycles. The first-order valence-electron chi connectivity index (χ1n) is 5.89. The van der Waals surface area contributed by atoms with Crippen LogP contribution in [0.15, 0.2) is 52.5 Å². The Morgan fingerprint density at radius 2 is 2.10 bits per heavy atom. The molecule has 1 aliphatic rings. The van der Waals surface area contributed by atoms with Crippen LogP contribution >= 0.6 is 0 Å². The van der Waals surface area contributed by atoms with E-state index in [0.717, 1.165) is 0 Å². The third kappa shape index (κ3) is 2.14. The number of aromatic hydroxyl groups is 1. The largest absolute Gasteiger partial charge is 0.508 e. The zero-order valence-electron chi connectivity index (χ0n) is 10.4. The average molecular weight is 289 g/mol. The van der Waals surface area contributed by atoms with E-state index in [0.29, 0.717) is 11.3 Å². The number of hydrogen-bond acceptors (Lipinski definition) is 5. The van der Waals surface area contributed by atoms with Gasteiger partial charge in [0.25, 0.3) is 0 Å². The molecule has 1 aromatic carbocycles. The lowest BCUT2D eigenvalue weighted by Crippen LogP contribution is -2.09. The zero-order chi connectivity index (χ0) is 14.2. The van der Waals surface area contributed by atoms with Gasteiger partial charge in [-0.15, -0.1) is 0 Å². The monoisotopic (exact) mass is 289 g/mol. The highest BCUT2D eigenvalue weighted by atomic mass is 32.2. The highest BCUT2D eigenvalue weighted by Gasteiger charge is 2.30. The molecule has 5 nitrogen and oxygen atoms in total. The van der Waals surface area contributed by atoms with E-state index >= 15 is 0 Å². The van der Waals surface area contributed by atoms with E-state index in [-0.39, 0.29) is 22.2 Å². The van der Waals surface area contributed by atoms with Gasteiger partial charge in [-0.2, -0.15) is 0 Å². The summed E-state index contributed by atoms with van der Waals surface area (Å²) in [7, 11) is -3.58. The number of nitrogens with zero attached hydrogens (tertiary/aromatic N) is 1. The molecule has 1 N–H and O–H groups in total. The number of aromatic nitrogens is 1. The van der Waals surface area contributed by atoms with Crippen molar-refractivity contribution in [3.05, 3.63) is 53.2 Å². The van der Waals surface area contributed by atoms with Gasteiger partial charge in [0.15, 0.2) is 0 Å². The Hall–Kier alpha value is -2.34. The highest BCUT2D eigenvalue weighted by Crippen LogP contribution is 2.35. The third-order valence-electron chi connectivity index (χ3n) is 2.96. The molecule has 0 aliphatic carbocycles. The molecule has 0 spiro atoms. The predicted octanol–water partition coefficient (Wildman–Crippen LogP) is 1.99. The summed E-state index contributed by atoms with van der Waals surface area (Å²) >= 11 is 0. The van der Waals surface area contributed by atoms with Gasteiger partial charge >= 0.3 is 0 Å². The zero-order valence-corrected chi connectivity index (χ0v) is 11.2. The number of hydrogen-bond donors (Lipinski definition) is 1. The summed E-state index contributed by atoms with van der Waals surface area (Å²) in [6, 6.07) is 7.68. The molecule has 0 saturated heterocycles.